The Morgan fingerprint density at radius 3 is 2.47 bits per heavy atom. The standard InChI is InChI=1S/C11H12Cl2F3N/c1-7(5-11(14,15)16)17-6-8-2-3-9(12)4-10(8)13/h2-4,7,17H,5-6H2,1H3. The van der Waals surface area contributed by atoms with Crippen LogP contribution in [0.3, 0.4) is 0 Å². The van der Waals surface area contributed by atoms with Crippen molar-refractivity contribution < 1.29 is 13.2 Å². The summed E-state index contributed by atoms with van der Waals surface area (Å²) in [6.45, 7) is 1.77. The number of halogens is 5. The molecule has 6 heteroatoms. The molecule has 0 aliphatic carbocycles. The molecule has 0 fully saturated rings. The van der Waals surface area contributed by atoms with Crippen LogP contribution in [-0.2, 0) is 6.54 Å². The van der Waals surface area contributed by atoms with E-state index in [0.717, 1.165) is 5.56 Å². The van der Waals surface area contributed by atoms with Crippen LogP contribution in [0.25, 0.3) is 0 Å². The van der Waals surface area contributed by atoms with Gasteiger partial charge in [-0.25, -0.2) is 0 Å². The Hall–Kier alpha value is -0.450. The highest BCUT2D eigenvalue weighted by molar-refractivity contribution is 6.35. The third-order valence-corrected chi connectivity index (χ3v) is 2.78. The summed E-state index contributed by atoms with van der Waals surface area (Å²) in [5.41, 5.74) is 0.727. The van der Waals surface area contributed by atoms with Crippen LogP contribution in [0.2, 0.25) is 10.0 Å². The van der Waals surface area contributed by atoms with Gasteiger partial charge in [-0.05, 0) is 24.6 Å². The third-order valence-electron chi connectivity index (χ3n) is 2.19. The van der Waals surface area contributed by atoms with Crippen LogP contribution in [0.15, 0.2) is 18.2 Å². The van der Waals surface area contributed by atoms with Crippen LogP contribution in [0.1, 0.15) is 18.9 Å². The molecule has 0 bridgehead atoms. The zero-order chi connectivity index (χ0) is 13.1. The predicted molar refractivity (Wildman–Crippen MR) is 63.4 cm³/mol. The minimum Gasteiger partial charge on any atom is -0.310 e. The average Bonchev–Trinajstić information content (AvgIpc) is 2.13. The van der Waals surface area contributed by atoms with Gasteiger partial charge in [0, 0.05) is 22.6 Å². The summed E-state index contributed by atoms with van der Waals surface area (Å²) in [4.78, 5) is 0. The summed E-state index contributed by atoms with van der Waals surface area (Å²) in [6, 6.07) is 4.26. The largest absolute Gasteiger partial charge is 0.390 e. The molecule has 0 saturated heterocycles. The van der Waals surface area contributed by atoms with Crippen molar-refractivity contribution in [3.8, 4) is 0 Å². The molecule has 17 heavy (non-hydrogen) atoms. The fourth-order valence-electron chi connectivity index (χ4n) is 1.37. The van der Waals surface area contributed by atoms with Gasteiger partial charge in [0.2, 0.25) is 0 Å². The molecule has 0 radical (unpaired) electrons. The Kier molecular flexibility index (Phi) is 5.10. The molecule has 0 amide bonds. The van der Waals surface area contributed by atoms with Gasteiger partial charge in [-0.2, -0.15) is 13.2 Å². The van der Waals surface area contributed by atoms with Gasteiger partial charge >= 0.3 is 6.18 Å². The van der Waals surface area contributed by atoms with Crippen molar-refractivity contribution in [2.75, 3.05) is 0 Å². The molecule has 1 N–H and O–H groups in total. The van der Waals surface area contributed by atoms with Crippen LogP contribution >= 0.6 is 23.2 Å². The van der Waals surface area contributed by atoms with Gasteiger partial charge < -0.3 is 5.32 Å². The van der Waals surface area contributed by atoms with Crippen LogP contribution in [0.5, 0.6) is 0 Å². The van der Waals surface area contributed by atoms with Gasteiger partial charge in [0.15, 0.2) is 0 Å². The van der Waals surface area contributed by atoms with E-state index in [2.05, 4.69) is 5.32 Å². The van der Waals surface area contributed by atoms with Crippen molar-refractivity contribution in [3.05, 3.63) is 33.8 Å². The summed E-state index contributed by atoms with van der Waals surface area (Å²) in [5, 5.41) is 3.72. The highest BCUT2D eigenvalue weighted by atomic mass is 35.5. The normalized spacial score (nSPS) is 13.8. The summed E-state index contributed by atoms with van der Waals surface area (Å²) in [5.74, 6) is 0. The molecule has 0 spiro atoms. The molecule has 1 aromatic rings. The fraction of sp³-hybridized carbons (Fsp3) is 0.455. The van der Waals surface area contributed by atoms with E-state index in [4.69, 9.17) is 23.2 Å². The molecule has 0 saturated carbocycles. The smallest absolute Gasteiger partial charge is 0.310 e. The molecule has 1 rings (SSSR count). The number of benzene rings is 1. The lowest BCUT2D eigenvalue weighted by atomic mass is 10.2. The van der Waals surface area contributed by atoms with E-state index in [1.54, 1.807) is 18.2 Å². The topological polar surface area (TPSA) is 12.0 Å². The molecule has 96 valence electrons. The second-order valence-corrected chi connectivity index (χ2v) is 4.68. The molecular formula is C11H12Cl2F3N. The molecule has 1 aromatic carbocycles. The van der Waals surface area contributed by atoms with Crippen molar-refractivity contribution >= 4 is 23.2 Å². The maximum absolute atomic E-state index is 12.1. The number of hydrogen-bond acceptors (Lipinski definition) is 1. The Balaban J connectivity index is 2.50. The van der Waals surface area contributed by atoms with Gasteiger partial charge in [0.05, 0.1) is 6.42 Å². The molecule has 0 aromatic heterocycles. The summed E-state index contributed by atoms with van der Waals surface area (Å²) < 4.78 is 36.2. The van der Waals surface area contributed by atoms with E-state index in [0.29, 0.717) is 10.0 Å². The zero-order valence-corrected chi connectivity index (χ0v) is 10.6. The van der Waals surface area contributed by atoms with E-state index in [1.807, 2.05) is 0 Å². The Labute approximate surface area is 108 Å². The molecule has 0 aliphatic rings. The number of hydrogen-bond donors (Lipinski definition) is 1. The molecule has 1 nitrogen and oxygen atoms in total. The summed E-state index contributed by atoms with van der Waals surface area (Å²) in [6.07, 6.45) is -5.02. The van der Waals surface area contributed by atoms with Crippen LogP contribution < -0.4 is 5.32 Å². The second-order valence-electron chi connectivity index (χ2n) is 3.84. The monoisotopic (exact) mass is 285 g/mol. The van der Waals surface area contributed by atoms with Crippen LogP contribution in [-0.4, -0.2) is 12.2 Å². The first kappa shape index (κ1) is 14.6. The van der Waals surface area contributed by atoms with E-state index < -0.39 is 18.6 Å². The van der Waals surface area contributed by atoms with Crippen molar-refractivity contribution in [3.63, 3.8) is 0 Å². The first-order valence-electron chi connectivity index (χ1n) is 5.02. The predicted octanol–water partition coefficient (Wildman–Crippen LogP) is 4.42. The lowest BCUT2D eigenvalue weighted by molar-refractivity contribution is -0.139. The van der Waals surface area contributed by atoms with E-state index >= 15 is 0 Å². The fourth-order valence-corrected chi connectivity index (χ4v) is 1.84. The van der Waals surface area contributed by atoms with E-state index in [1.165, 1.54) is 6.92 Å². The van der Waals surface area contributed by atoms with Crippen LogP contribution in [0, 0.1) is 0 Å². The maximum atomic E-state index is 12.1. The quantitative estimate of drug-likeness (QED) is 0.863. The summed E-state index contributed by atoms with van der Waals surface area (Å²) in [7, 11) is 0. The first-order valence-corrected chi connectivity index (χ1v) is 5.77. The minimum atomic E-state index is -4.16. The van der Waals surface area contributed by atoms with Gasteiger partial charge in [0.25, 0.3) is 0 Å². The highest BCUT2D eigenvalue weighted by Gasteiger charge is 2.29. The highest BCUT2D eigenvalue weighted by Crippen LogP contribution is 2.23. The van der Waals surface area contributed by atoms with Gasteiger partial charge in [0.1, 0.15) is 0 Å². The van der Waals surface area contributed by atoms with Crippen LogP contribution in [0.4, 0.5) is 13.2 Å². The molecule has 0 aliphatic heterocycles. The summed E-state index contributed by atoms with van der Waals surface area (Å²) >= 11 is 11.6. The van der Waals surface area contributed by atoms with E-state index in [9.17, 15) is 13.2 Å². The zero-order valence-electron chi connectivity index (χ0n) is 9.11. The first-order chi connectivity index (χ1) is 7.78. The Morgan fingerprint density at radius 2 is 1.94 bits per heavy atom. The van der Waals surface area contributed by atoms with Crippen molar-refractivity contribution in [1.29, 1.82) is 0 Å². The maximum Gasteiger partial charge on any atom is 0.390 e. The average molecular weight is 286 g/mol. The van der Waals surface area contributed by atoms with Gasteiger partial charge in [-0.1, -0.05) is 29.3 Å². The van der Waals surface area contributed by atoms with Crippen molar-refractivity contribution in [1.82, 2.24) is 5.32 Å². The second kappa shape index (κ2) is 5.94. The van der Waals surface area contributed by atoms with Gasteiger partial charge in [-0.3, -0.25) is 0 Å². The lowest BCUT2D eigenvalue weighted by Crippen LogP contribution is -2.30. The SMILES string of the molecule is CC(CC(F)(F)F)NCc1ccc(Cl)cc1Cl. The third kappa shape index (κ3) is 5.61. The van der Waals surface area contributed by atoms with Crippen molar-refractivity contribution in [2.24, 2.45) is 0 Å². The number of nitrogens with one attached hydrogen (secondary N) is 1. The van der Waals surface area contributed by atoms with Gasteiger partial charge in [-0.15, -0.1) is 0 Å². The minimum absolute atomic E-state index is 0.285. The van der Waals surface area contributed by atoms with E-state index in [-0.39, 0.29) is 6.54 Å². The lowest BCUT2D eigenvalue weighted by Gasteiger charge is -2.16. The Bertz CT molecular complexity index is 379. The number of rotatable bonds is 4. The Morgan fingerprint density at radius 1 is 1.29 bits per heavy atom. The molecule has 1 atom stereocenters. The molecule has 1 unspecified atom stereocenters. The molecular weight excluding hydrogens is 274 g/mol. The van der Waals surface area contributed by atoms with Crippen molar-refractivity contribution in [2.45, 2.75) is 32.1 Å². The number of alkyl halides is 3. The molecule has 0 heterocycles.